The molecule has 2 unspecified atom stereocenters. The van der Waals surface area contributed by atoms with Crippen molar-refractivity contribution in [1.82, 2.24) is 10.2 Å². The molecule has 1 aliphatic heterocycles. The number of carbonyl (C=O) groups excluding carboxylic acids is 1. The first-order valence-electron chi connectivity index (χ1n) is 5.80. The van der Waals surface area contributed by atoms with Gasteiger partial charge >= 0.3 is 5.97 Å². The third-order valence-electron chi connectivity index (χ3n) is 2.90. The lowest BCUT2D eigenvalue weighted by molar-refractivity contribution is -0.149. The summed E-state index contributed by atoms with van der Waals surface area (Å²) in [7, 11) is 3.51. The van der Waals surface area contributed by atoms with Crippen LogP contribution >= 0.6 is 0 Å². The van der Waals surface area contributed by atoms with Gasteiger partial charge in [0.25, 0.3) is 0 Å². The molecule has 1 amide bonds. The SMILES string of the molecule is CNC(=O)CCN(C)CC1CCC(C(=O)O)O1. The zero-order valence-electron chi connectivity index (χ0n) is 10.3. The van der Waals surface area contributed by atoms with Gasteiger partial charge in [0, 0.05) is 26.6 Å². The molecule has 0 radical (unpaired) electrons. The van der Waals surface area contributed by atoms with E-state index in [9.17, 15) is 9.59 Å². The Morgan fingerprint density at radius 2 is 2.18 bits per heavy atom. The van der Waals surface area contributed by atoms with Crippen LogP contribution in [0.15, 0.2) is 0 Å². The molecular weight excluding hydrogens is 224 g/mol. The van der Waals surface area contributed by atoms with Gasteiger partial charge in [-0.15, -0.1) is 0 Å². The first-order chi connectivity index (χ1) is 8.02. The molecule has 0 aliphatic carbocycles. The molecule has 0 aromatic carbocycles. The molecule has 0 saturated carbocycles. The maximum atomic E-state index is 11.0. The van der Waals surface area contributed by atoms with Crippen molar-refractivity contribution in [2.45, 2.75) is 31.5 Å². The van der Waals surface area contributed by atoms with Crippen LogP contribution in [0.25, 0.3) is 0 Å². The van der Waals surface area contributed by atoms with E-state index in [0.717, 1.165) is 6.42 Å². The van der Waals surface area contributed by atoms with Gasteiger partial charge in [-0.2, -0.15) is 0 Å². The van der Waals surface area contributed by atoms with Gasteiger partial charge in [-0.25, -0.2) is 4.79 Å². The highest BCUT2D eigenvalue weighted by Gasteiger charge is 2.30. The Hall–Kier alpha value is -1.14. The number of carboxylic acid groups (broad SMARTS) is 1. The minimum Gasteiger partial charge on any atom is -0.479 e. The van der Waals surface area contributed by atoms with Gasteiger partial charge in [-0.05, 0) is 19.9 Å². The Bertz CT molecular complexity index is 283. The number of aliphatic carboxylic acids is 1. The van der Waals surface area contributed by atoms with E-state index in [2.05, 4.69) is 5.32 Å². The standard InChI is InChI=1S/C11H20N2O4/c1-12-10(14)5-6-13(2)7-8-3-4-9(17-8)11(15)16/h8-9H,3-7H2,1-2H3,(H,12,14)(H,15,16). The predicted octanol–water partition coefficient (Wildman–Crippen LogP) is -0.313. The van der Waals surface area contributed by atoms with Crippen LogP contribution in [0.4, 0.5) is 0 Å². The second-order valence-electron chi connectivity index (χ2n) is 4.35. The van der Waals surface area contributed by atoms with Crippen molar-refractivity contribution in [1.29, 1.82) is 0 Å². The van der Waals surface area contributed by atoms with Crippen molar-refractivity contribution in [3.05, 3.63) is 0 Å². The molecule has 1 fully saturated rings. The van der Waals surface area contributed by atoms with E-state index in [4.69, 9.17) is 9.84 Å². The fourth-order valence-electron chi connectivity index (χ4n) is 1.88. The van der Waals surface area contributed by atoms with Crippen LogP contribution in [0.3, 0.4) is 0 Å². The summed E-state index contributed by atoms with van der Waals surface area (Å²) in [5, 5.41) is 11.3. The smallest absolute Gasteiger partial charge is 0.332 e. The van der Waals surface area contributed by atoms with Crippen molar-refractivity contribution in [2.75, 3.05) is 27.2 Å². The molecule has 98 valence electrons. The number of ether oxygens (including phenoxy) is 1. The number of hydrogen-bond donors (Lipinski definition) is 2. The van der Waals surface area contributed by atoms with E-state index in [0.29, 0.717) is 25.9 Å². The predicted molar refractivity (Wildman–Crippen MR) is 61.7 cm³/mol. The summed E-state index contributed by atoms with van der Waals surface area (Å²) in [5.74, 6) is -0.881. The van der Waals surface area contributed by atoms with E-state index >= 15 is 0 Å². The maximum absolute atomic E-state index is 11.0. The molecule has 1 aliphatic rings. The lowest BCUT2D eigenvalue weighted by Gasteiger charge is -2.20. The summed E-state index contributed by atoms with van der Waals surface area (Å²) in [6, 6.07) is 0. The Morgan fingerprint density at radius 1 is 1.47 bits per heavy atom. The van der Waals surface area contributed by atoms with E-state index in [1.807, 2.05) is 11.9 Å². The summed E-state index contributed by atoms with van der Waals surface area (Å²) >= 11 is 0. The van der Waals surface area contributed by atoms with Crippen LogP contribution < -0.4 is 5.32 Å². The Kier molecular flexibility index (Phi) is 5.37. The molecule has 1 heterocycles. The molecule has 6 heteroatoms. The molecule has 2 atom stereocenters. The number of hydrogen-bond acceptors (Lipinski definition) is 4. The fourth-order valence-corrected chi connectivity index (χ4v) is 1.88. The van der Waals surface area contributed by atoms with Crippen LogP contribution in [-0.4, -0.2) is 61.3 Å². The molecule has 0 aromatic heterocycles. The monoisotopic (exact) mass is 244 g/mol. The van der Waals surface area contributed by atoms with Gasteiger partial charge < -0.3 is 20.1 Å². The van der Waals surface area contributed by atoms with Crippen LogP contribution in [0.1, 0.15) is 19.3 Å². The highest BCUT2D eigenvalue weighted by molar-refractivity contribution is 5.75. The molecular formula is C11H20N2O4. The summed E-state index contributed by atoms with van der Waals surface area (Å²) in [6.45, 7) is 1.32. The molecule has 1 rings (SSSR count). The third-order valence-corrected chi connectivity index (χ3v) is 2.90. The van der Waals surface area contributed by atoms with Gasteiger partial charge in [0.1, 0.15) is 0 Å². The Labute approximate surface area is 101 Å². The van der Waals surface area contributed by atoms with Crippen LogP contribution in [0.2, 0.25) is 0 Å². The second kappa shape index (κ2) is 6.56. The molecule has 6 nitrogen and oxygen atoms in total. The van der Waals surface area contributed by atoms with Crippen molar-refractivity contribution in [3.8, 4) is 0 Å². The van der Waals surface area contributed by atoms with Gasteiger partial charge in [0.15, 0.2) is 6.10 Å². The first kappa shape index (κ1) is 13.9. The average molecular weight is 244 g/mol. The molecule has 0 bridgehead atoms. The first-order valence-corrected chi connectivity index (χ1v) is 5.80. The molecule has 2 N–H and O–H groups in total. The highest BCUT2D eigenvalue weighted by Crippen LogP contribution is 2.20. The number of nitrogens with one attached hydrogen (secondary N) is 1. The zero-order valence-corrected chi connectivity index (χ0v) is 10.3. The maximum Gasteiger partial charge on any atom is 0.332 e. The summed E-state index contributed by atoms with van der Waals surface area (Å²) in [5.41, 5.74) is 0. The fraction of sp³-hybridized carbons (Fsp3) is 0.818. The van der Waals surface area contributed by atoms with Gasteiger partial charge in [0.2, 0.25) is 5.91 Å². The molecule has 17 heavy (non-hydrogen) atoms. The van der Waals surface area contributed by atoms with Gasteiger partial charge in [0.05, 0.1) is 6.10 Å². The number of rotatable bonds is 6. The summed E-state index contributed by atoms with van der Waals surface area (Å²) in [6.07, 6.45) is 1.09. The lowest BCUT2D eigenvalue weighted by Crippen LogP contribution is -2.33. The number of likely N-dealkylation sites (N-methyl/N-ethyl adjacent to an activating group) is 1. The summed E-state index contributed by atoms with van der Waals surface area (Å²) < 4.78 is 5.38. The zero-order chi connectivity index (χ0) is 12.8. The lowest BCUT2D eigenvalue weighted by atomic mass is 10.2. The minimum atomic E-state index is -0.888. The van der Waals surface area contributed by atoms with E-state index in [1.54, 1.807) is 7.05 Å². The number of carboxylic acids is 1. The second-order valence-corrected chi connectivity index (χ2v) is 4.35. The van der Waals surface area contributed by atoms with Crippen molar-refractivity contribution in [3.63, 3.8) is 0 Å². The van der Waals surface area contributed by atoms with Gasteiger partial charge in [-0.1, -0.05) is 0 Å². The number of nitrogens with zero attached hydrogens (tertiary/aromatic N) is 1. The molecule has 0 spiro atoms. The number of amides is 1. The van der Waals surface area contributed by atoms with Gasteiger partial charge in [-0.3, -0.25) is 4.79 Å². The van der Waals surface area contributed by atoms with Crippen molar-refractivity contribution in [2.24, 2.45) is 0 Å². The average Bonchev–Trinajstić information content (AvgIpc) is 2.74. The van der Waals surface area contributed by atoms with Crippen LogP contribution in [-0.2, 0) is 14.3 Å². The van der Waals surface area contributed by atoms with Crippen LogP contribution in [0.5, 0.6) is 0 Å². The molecule has 0 aromatic rings. The Balaban J connectivity index is 2.21. The van der Waals surface area contributed by atoms with E-state index in [1.165, 1.54) is 0 Å². The summed E-state index contributed by atoms with van der Waals surface area (Å²) in [4.78, 5) is 23.7. The largest absolute Gasteiger partial charge is 0.479 e. The normalized spacial score (nSPS) is 23.9. The van der Waals surface area contributed by atoms with Crippen molar-refractivity contribution >= 4 is 11.9 Å². The minimum absolute atomic E-state index is 0.00704. The topological polar surface area (TPSA) is 78.9 Å². The number of carbonyl (C=O) groups is 2. The van der Waals surface area contributed by atoms with Crippen molar-refractivity contribution < 1.29 is 19.4 Å². The highest BCUT2D eigenvalue weighted by atomic mass is 16.5. The Morgan fingerprint density at radius 3 is 2.71 bits per heavy atom. The van der Waals surface area contributed by atoms with E-state index < -0.39 is 12.1 Å². The van der Waals surface area contributed by atoms with Crippen LogP contribution in [0, 0.1) is 0 Å². The van der Waals surface area contributed by atoms with E-state index in [-0.39, 0.29) is 12.0 Å². The third kappa shape index (κ3) is 4.70. The molecule has 1 saturated heterocycles. The quantitative estimate of drug-likeness (QED) is 0.670.